The number of amides is 1. The van der Waals surface area contributed by atoms with Gasteiger partial charge >= 0.3 is 0 Å². The summed E-state index contributed by atoms with van der Waals surface area (Å²) in [5.74, 6) is 1.42. The van der Waals surface area contributed by atoms with Crippen molar-refractivity contribution in [3.05, 3.63) is 35.2 Å². The van der Waals surface area contributed by atoms with E-state index in [9.17, 15) is 4.79 Å². The highest BCUT2D eigenvalue weighted by Crippen LogP contribution is 2.39. The molecule has 0 fully saturated rings. The van der Waals surface area contributed by atoms with Crippen molar-refractivity contribution >= 4 is 5.91 Å². The van der Waals surface area contributed by atoms with Crippen LogP contribution in [0.1, 0.15) is 61.3 Å². The third kappa shape index (κ3) is 4.08. The average Bonchev–Trinajstić information content (AvgIpc) is 3.06. The number of aromatic nitrogens is 2. The van der Waals surface area contributed by atoms with Gasteiger partial charge in [0, 0.05) is 23.9 Å². The summed E-state index contributed by atoms with van der Waals surface area (Å²) in [6.07, 6.45) is 4.77. The summed E-state index contributed by atoms with van der Waals surface area (Å²) in [6, 6.07) is 3.40. The Kier molecular flexibility index (Phi) is 6.44. The van der Waals surface area contributed by atoms with Crippen LogP contribution in [0.4, 0.5) is 0 Å². The van der Waals surface area contributed by atoms with Crippen LogP contribution in [-0.4, -0.2) is 35.5 Å². The number of ether oxygens (including phenoxy) is 3. The van der Waals surface area contributed by atoms with Crippen LogP contribution in [0.5, 0.6) is 17.2 Å². The largest absolute Gasteiger partial charge is 0.490 e. The van der Waals surface area contributed by atoms with E-state index in [1.807, 2.05) is 38.7 Å². The van der Waals surface area contributed by atoms with Gasteiger partial charge < -0.3 is 19.5 Å². The summed E-state index contributed by atoms with van der Waals surface area (Å²) in [7, 11) is 1.94. The van der Waals surface area contributed by atoms with Gasteiger partial charge in [0.15, 0.2) is 11.5 Å². The fourth-order valence-corrected chi connectivity index (χ4v) is 3.62. The standard InChI is InChI=1S/C21H29N3O4/c1-5-26-18-11-14(12-19(27-6-2)20(18)28-7-3)21(25)23-16-9-8-10-17-15(16)13-22-24(17)4/h11-13,16H,5-10H2,1-4H3,(H,23,25). The number of hydrogen-bond donors (Lipinski definition) is 1. The predicted octanol–water partition coefficient (Wildman–Crippen LogP) is 3.42. The third-order valence-electron chi connectivity index (χ3n) is 4.85. The maximum absolute atomic E-state index is 13.0. The fraction of sp³-hybridized carbons (Fsp3) is 0.524. The molecule has 1 aliphatic carbocycles. The highest BCUT2D eigenvalue weighted by atomic mass is 16.5. The van der Waals surface area contributed by atoms with E-state index < -0.39 is 0 Å². The number of nitrogens with zero attached hydrogens (tertiary/aromatic N) is 2. The predicted molar refractivity (Wildman–Crippen MR) is 106 cm³/mol. The Morgan fingerprint density at radius 3 is 2.39 bits per heavy atom. The summed E-state index contributed by atoms with van der Waals surface area (Å²) in [5, 5.41) is 7.50. The zero-order valence-corrected chi connectivity index (χ0v) is 17.1. The molecule has 28 heavy (non-hydrogen) atoms. The Labute approximate surface area is 166 Å². The van der Waals surface area contributed by atoms with Crippen LogP contribution in [0, 0.1) is 0 Å². The van der Waals surface area contributed by atoms with Crippen LogP contribution in [0.3, 0.4) is 0 Å². The van der Waals surface area contributed by atoms with E-state index in [-0.39, 0.29) is 11.9 Å². The molecule has 0 aliphatic heterocycles. The summed E-state index contributed by atoms with van der Waals surface area (Å²) in [5.41, 5.74) is 2.78. The van der Waals surface area contributed by atoms with Gasteiger partial charge in [-0.25, -0.2) is 0 Å². The molecule has 1 heterocycles. The van der Waals surface area contributed by atoms with Crippen molar-refractivity contribution in [2.75, 3.05) is 19.8 Å². The lowest BCUT2D eigenvalue weighted by Gasteiger charge is -2.24. The molecule has 3 rings (SSSR count). The number of benzene rings is 1. The summed E-state index contributed by atoms with van der Waals surface area (Å²) in [4.78, 5) is 13.0. The Balaban J connectivity index is 1.89. The van der Waals surface area contributed by atoms with Crippen molar-refractivity contribution in [3.8, 4) is 17.2 Å². The minimum atomic E-state index is -0.161. The first-order chi connectivity index (χ1) is 13.6. The molecule has 0 bridgehead atoms. The normalized spacial score (nSPS) is 15.6. The van der Waals surface area contributed by atoms with E-state index in [2.05, 4.69) is 10.4 Å². The summed E-state index contributed by atoms with van der Waals surface area (Å²) >= 11 is 0. The van der Waals surface area contributed by atoms with Crippen LogP contribution >= 0.6 is 0 Å². The first-order valence-corrected chi connectivity index (χ1v) is 9.97. The highest BCUT2D eigenvalue weighted by Gasteiger charge is 2.26. The molecule has 1 atom stereocenters. The first-order valence-electron chi connectivity index (χ1n) is 9.97. The Bertz CT molecular complexity index is 804. The van der Waals surface area contributed by atoms with Crippen molar-refractivity contribution < 1.29 is 19.0 Å². The number of carbonyl (C=O) groups is 1. The van der Waals surface area contributed by atoms with Crippen LogP contribution in [0.25, 0.3) is 0 Å². The number of carbonyl (C=O) groups excluding carboxylic acids is 1. The zero-order valence-electron chi connectivity index (χ0n) is 17.1. The van der Waals surface area contributed by atoms with Gasteiger partial charge in [0.05, 0.1) is 32.1 Å². The van der Waals surface area contributed by atoms with E-state index in [0.29, 0.717) is 42.6 Å². The van der Waals surface area contributed by atoms with Gasteiger partial charge in [0.2, 0.25) is 5.75 Å². The molecular formula is C21H29N3O4. The summed E-state index contributed by atoms with van der Waals surface area (Å²) in [6.45, 7) is 7.12. The molecule has 1 aromatic carbocycles. The van der Waals surface area contributed by atoms with Crippen LogP contribution in [-0.2, 0) is 13.5 Å². The topological polar surface area (TPSA) is 74.6 Å². The van der Waals surface area contributed by atoms with Gasteiger partial charge in [-0.2, -0.15) is 5.10 Å². The lowest BCUT2D eigenvalue weighted by molar-refractivity contribution is 0.0931. The fourth-order valence-electron chi connectivity index (χ4n) is 3.62. The second-order valence-corrected chi connectivity index (χ2v) is 6.69. The smallest absolute Gasteiger partial charge is 0.252 e. The molecule has 0 saturated heterocycles. The van der Waals surface area contributed by atoms with Gasteiger partial charge in [0.25, 0.3) is 5.91 Å². The molecule has 1 amide bonds. The summed E-state index contributed by atoms with van der Waals surface area (Å²) < 4.78 is 19.0. The van der Waals surface area contributed by atoms with Crippen molar-refractivity contribution in [1.82, 2.24) is 15.1 Å². The van der Waals surface area contributed by atoms with E-state index in [1.54, 1.807) is 12.1 Å². The monoisotopic (exact) mass is 387 g/mol. The molecule has 7 nitrogen and oxygen atoms in total. The molecular weight excluding hydrogens is 358 g/mol. The quantitative estimate of drug-likeness (QED) is 0.751. The van der Waals surface area contributed by atoms with Crippen molar-refractivity contribution in [2.24, 2.45) is 7.05 Å². The van der Waals surface area contributed by atoms with Crippen molar-refractivity contribution in [3.63, 3.8) is 0 Å². The van der Waals surface area contributed by atoms with Crippen molar-refractivity contribution in [2.45, 2.75) is 46.1 Å². The van der Waals surface area contributed by atoms with Crippen LogP contribution in [0.15, 0.2) is 18.3 Å². The molecule has 0 saturated carbocycles. The number of fused-ring (bicyclic) bond motifs is 1. The second-order valence-electron chi connectivity index (χ2n) is 6.69. The average molecular weight is 387 g/mol. The number of rotatable bonds is 8. The Morgan fingerprint density at radius 2 is 1.79 bits per heavy atom. The van der Waals surface area contributed by atoms with Crippen molar-refractivity contribution in [1.29, 1.82) is 0 Å². The number of hydrogen-bond acceptors (Lipinski definition) is 5. The molecule has 152 valence electrons. The lowest BCUT2D eigenvalue weighted by Crippen LogP contribution is -2.31. The molecule has 0 radical (unpaired) electrons. The minimum Gasteiger partial charge on any atom is -0.490 e. The molecule has 2 aromatic rings. The molecule has 1 aliphatic rings. The SMILES string of the molecule is CCOc1cc(C(=O)NC2CCCc3c2cnn3C)cc(OCC)c1OCC. The maximum Gasteiger partial charge on any atom is 0.252 e. The van der Waals surface area contributed by atoms with Gasteiger partial charge in [-0.3, -0.25) is 9.48 Å². The van der Waals surface area contributed by atoms with E-state index >= 15 is 0 Å². The molecule has 7 heteroatoms. The van der Waals surface area contributed by atoms with Gasteiger partial charge in [0.1, 0.15) is 0 Å². The Morgan fingerprint density at radius 1 is 1.14 bits per heavy atom. The van der Waals surface area contributed by atoms with E-state index in [0.717, 1.165) is 24.8 Å². The molecule has 1 N–H and O–H groups in total. The van der Waals surface area contributed by atoms with Gasteiger partial charge in [-0.15, -0.1) is 0 Å². The second kappa shape index (κ2) is 8.99. The van der Waals surface area contributed by atoms with Gasteiger partial charge in [-0.1, -0.05) is 0 Å². The number of nitrogens with one attached hydrogen (secondary N) is 1. The highest BCUT2D eigenvalue weighted by molar-refractivity contribution is 5.96. The molecule has 1 unspecified atom stereocenters. The molecule has 1 aromatic heterocycles. The third-order valence-corrected chi connectivity index (χ3v) is 4.85. The maximum atomic E-state index is 13.0. The lowest BCUT2D eigenvalue weighted by atomic mass is 9.92. The van der Waals surface area contributed by atoms with E-state index in [1.165, 1.54) is 5.69 Å². The zero-order chi connectivity index (χ0) is 20.1. The van der Waals surface area contributed by atoms with E-state index in [4.69, 9.17) is 14.2 Å². The van der Waals surface area contributed by atoms with Crippen LogP contribution < -0.4 is 19.5 Å². The van der Waals surface area contributed by atoms with Gasteiger partial charge in [-0.05, 0) is 52.2 Å². The molecule has 0 spiro atoms. The minimum absolute atomic E-state index is 0.0393. The first kappa shape index (κ1) is 20.0. The number of aryl methyl sites for hydroxylation is 1. The Hall–Kier alpha value is -2.70. The van der Waals surface area contributed by atoms with Crippen LogP contribution in [0.2, 0.25) is 0 Å².